The van der Waals surface area contributed by atoms with Gasteiger partial charge in [-0.05, 0) is 23.6 Å². The molecule has 158 valence electrons. The number of aromatic nitrogens is 2. The minimum atomic E-state index is -0.570. The van der Waals surface area contributed by atoms with E-state index in [0.717, 1.165) is 0 Å². The number of carbonyl (C=O) groups is 2. The van der Waals surface area contributed by atoms with E-state index in [1.807, 2.05) is 24.3 Å². The number of rotatable bonds is 5. The molecule has 2 aliphatic heterocycles. The van der Waals surface area contributed by atoms with Crippen molar-refractivity contribution < 1.29 is 23.8 Å². The molecule has 2 aromatic rings. The second-order valence-electron chi connectivity index (χ2n) is 7.65. The Morgan fingerprint density at radius 2 is 1.77 bits per heavy atom. The second kappa shape index (κ2) is 8.76. The normalized spacial score (nSPS) is 25.0. The lowest BCUT2D eigenvalue weighted by Gasteiger charge is -2.18. The zero-order valence-electron chi connectivity index (χ0n) is 16.8. The molecule has 2 aliphatic rings. The molecule has 2 saturated heterocycles. The quantitative estimate of drug-likeness (QED) is 0.774. The van der Waals surface area contributed by atoms with Gasteiger partial charge in [0.2, 0.25) is 0 Å². The second-order valence-corrected chi connectivity index (χ2v) is 7.65. The summed E-state index contributed by atoms with van der Waals surface area (Å²) in [7, 11) is 0. The summed E-state index contributed by atoms with van der Waals surface area (Å²) in [5.74, 6) is 0.112. The van der Waals surface area contributed by atoms with Gasteiger partial charge in [-0.25, -0.2) is 14.8 Å². The maximum atomic E-state index is 12.3. The van der Waals surface area contributed by atoms with Crippen molar-refractivity contribution >= 4 is 17.7 Å². The van der Waals surface area contributed by atoms with Crippen molar-refractivity contribution in [2.24, 2.45) is 0 Å². The molecule has 0 saturated carbocycles. The number of ether oxygens (including phenoxy) is 3. The van der Waals surface area contributed by atoms with Crippen molar-refractivity contribution in [3.8, 4) is 0 Å². The molecule has 30 heavy (non-hydrogen) atoms. The van der Waals surface area contributed by atoms with Gasteiger partial charge in [0.15, 0.2) is 6.10 Å². The summed E-state index contributed by atoms with van der Waals surface area (Å²) in [6.45, 7) is 4.69. The van der Waals surface area contributed by atoms with Gasteiger partial charge >= 0.3 is 6.09 Å². The lowest BCUT2D eigenvalue weighted by Crippen LogP contribution is -2.44. The zero-order valence-corrected chi connectivity index (χ0v) is 16.8. The van der Waals surface area contributed by atoms with Gasteiger partial charge in [-0.3, -0.25) is 10.1 Å². The van der Waals surface area contributed by atoms with Crippen LogP contribution < -0.4 is 10.6 Å². The van der Waals surface area contributed by atoms with Crippen LogP contribution in [0.1, 0.15) is 35.7 Å². The lowest BCUT2D eigenvalue weighted by atomic mass is 10.0. The number of fused-ring (bicyclic) bond motifs is 1. The Labute approximate surface area is 174 Å². The van der Waals surface area contributed by atoms with Crippen molar-refractivity contribution in [2.45, 2.75) is 44.1 Å². The maximum absolute atomic E-state index is 12.3. The van der Waals surface area contributed by atoms with Crippen LogP contribution >= 0.6 is 0 Å². The number of nitrogens with zero attached hydrogens (tertiary/aromatic N) is 2. The highest BCUT2D eigenvalue weighted by molar-refractivity contribution is 5.93. The van der Waals surface area contributed by atoms with Crippen LogP contribution in [0.5, 0.6) is 0 Å². The Morgan fingerprint density at radius 3 is 2.47 bits per heavy atom. The number of amides is 2. The molecule has 0 aliphatic carbocycles. The van der Waals surface area contributed by atoms with Gasteiger partial charge in [-0.1, -0.05) is 26.0 Å². The summed E-state index contributed by atoms with van der Waals surface area (Å²) < 4.78 is 17.0. The number of nitrogens with one attached hydrogen (secondary N) is 2. The lowest BCUT2D eigenvalue weighted by molar-refractivity contribution is 0.00862. The fraction of sp³-hybridized carbons (Fsp3) is 0.429. The molecule has 0 spiro atoms. The molecule has 2 amide bonds. The smallest absolute Gasteiger partial charge is 0.412 e. The van der Waals surface area contributed by atoms with E-state index >= 15 is 0 Å². The average molecular weight is 412 g/mol. The number of anilines is 1. The third kappa shape index (κ3) is 4.42. The summed E-state index contributed by atoms with van der Waals surface area (Å²) in [6.07, 6.45) is 2.30. The fourth-order valence-electron chi connectivity index (χ4n) is 3.59. The summed E-state index contributed by atoms with van der Waals surface area (Å²) in [5.41, 5.74) is 2.20. The van der Waals surface area contributed by atoms with E-state index in [9.17, 15) is 9.59 Å². The van der Waals surface area contributed by atoms with Crippen molar-refractivity contribution in [3.63, 3.8) is 0 Å². The van der Waals surface area contributed by atoms with Gasteiger partial charge in [0.25, 0.3) is 5.91 Å². The molecule has 0 unspecified atom stereocenters. The van der Waals surface area contributed by atoms with Gasteiger partial charge in [0.05, 0.1) is 24.8 Å². The van der Waals surface area contributed by atoms with Gasteiger partial charge < -0.3 is 19.5 Å². The van der Waals surface area contributed by atoms with Crippen LogP contribution in [0.15, 0.2) is 43.0 Å². The van der Waals surface area contributed by atoms with E-state index in [1.54, 1.807) is 0 Å². The third-order valence-corrected chi connectivity index (χ3v) is 5.23. The SMILES string of the molecule is CC(C)c1ccc(NC(=O)O[C@H]2CO[C@@H]3[C@@H]2OC[C@@H]3NC(=O)c2cncnc2)cc1. The number of benzene rings is 1. The highest BCUT2D eigenvalue weighted by Crippen LogP contribution is 2.29. The number of carbonyl (C=O) groups excluding carboxylic acids is 2. The van der Waals surface area contributed by atoms with Crippen molar-refractivity contribution in [1.82, 2.24) is 15.3 Å². The molecule has 1 aromatic carbocycles. The first-order valence-corrected chi connectivity index (χ1v) is 9.88. The monoisotopic (exact) mass is 412 g/mol. The van der Waals surface area contributed by atoms with Crippen LogP contribution in [-0.4, -0.2) is 59.5 Å². The summed E-state index contributed by atoms with van der Waals surface area (Å²) in [6, 6.07) is 7.29. The predicted octanol–water partition coefficient (Wildman–Crippen LogP) is 2.11. The average Bonchev–Trinajstić information content (AvgIpc) is 3.32. The summed E-state index contributed by atoms with van der Waals surface area (Å²) >= 11 is 0. The Balaban J connectivity index is 1.30. The molecule has 1 aromatic heterocycles. The van der Waals surface area contributed by atoms with E-state index in [2.05, 4.69) is 34.4 Å². The highest BCUT2D eigenvalue weighted by atomic mass is 16.6. The Bertz CT molecular complexity index is 890. The molecule has 2 fully saturated rings. The van der Waals surface area contributed by atoms with Crippen LogP contribution in [0.4, 0.5) is 10.5 Å². The molecule has 9 heteroatoms. The largest absolute Gasteiger partial charge is 0.441 e. The van der Waals surface area contributed by atoms with Crippen LogP contribution in [0.2, 0.25) is 0 Å². The minimum Gasteiger partial charge on any atom is -0.441 e. The van der Waals surface area contributed by atoms with E-state index in [-0.39, 0.29) is 31.3 Å². The van der Waals surface area contributed by atoms with Crippen LogP contribution in [0.25, 0.3) is 0 Å². The number of hydrogen-bond donors (Lipinski definition) is 2. The predicted molar refractivity (Wildman–Crippen MR) is 107 cm³/mol. The number of hydrogen-bond acceptors (Lipinski definition) is 7. The summed E-state index contributed by atoms with van der Waals surface area (Å²) in [4.78, 5) is 32.3. The van der Waals surface area contributed by atoms with Crippen LogP contribution in [0, 0.1) is 0 Å². The molecule has 3 heterocycles. The summed E-state index contributed by atoms with van der Waals surface area (Å²) in [5, 5.41) is 5.59. The first-order valence-electron chi connectivity index (χ1n) is 9.88. The molecular weight excluding hydrogens is 388 g/mol. The Kier molecular flexibility index (Phi) is 5.91. The van der Waals surface area contributed by atoms with Crippen molar-refractivity contribution in [2.75, 3.05) is 18.5 Å². The molecule has 2 N–H and O–H groups in total. The Hall–Kier alpha value is -3.04. The van der Waals surface area contributed by atoms with E-state index in [0.29, 0.717) is 17.2 Å². The standard InChI is InChI=1S/C21H24N4O5/c1-12(2)13-3-5-15(6-4-13)24-21(27)30-17-10-29-18-16(9-28-19(17)18)25-20(26)14-7-22-11-23-8-14/h3-8,11-12,16-19H,9-10H2,1-2H3,(H,24,27)(H,25,26)/t16-,17-,18-,19+/m0/s1. The van der Waals surface area contributed by atoms with Crippen molar-refractivity contribution in [3.05, 3.63) is 54.1 Å². The molecule has 9 nitrogen and oxygen atoms in total. The van der Waals surface area contributed by atoms with Crippen LogP contribution in [0.3, 0.4) is 0 Å². The van der Waals surface area contributed by atoms with Gasteiger partial charge in [0, 0.05) is 18.1 Å². The van der Waals surface area contributed by atoms with Gasteiger partial charge in [-0.15, -0.1) is 0 Å². The minimum absolute atomic E-state index is 0.204. The zero-order chi connectivity index (χ0) is 21.1. The Morgan fingerprint density at radius 1 is 1.07 bits per heavy atom. The van der Waals surface area contributed by atoms with Crippen LogP contribution in [-0.2, 0) is 14.2 Å². The molecular formula is C21H24N4O5. The van der Waals surface area contributed by atoms with E-state index in [4.69, 9.17) is 14.2 Å². The van der Waals surface area contributed by atoms with Gasteiger partial charge in [-0.2, -0.15) is 0 Å². The molecule has 4 rings (SSSR count). The first-order chi connectivity index (χ1) is 14.5. The highest BCUT2D eigenvalue weighted by Gasteiger charge is 2.50. The van der Waals surface area contributed by atoms with E-state index < -0.39 is 18.3 Å². The maximum Gasteiger partial charge on any atom is 0.412 e. The van der Waals surface area contributed by atoms with Gasteiger partial charge in [0.1, 0.15) is 18.5 Å². The molecule has 4 atom stereocenters. The first kappa shape index (κ1) is 20.2. The van der Waals surface area contributed by atoms with E-state index in [1.165, 1.54) is 24.3 Å². The third-order valence-electron chi connectivity index (χ3n) is 5.23. The fourth-order valence-corrected chi connectivity index (χ4v) is 3.59. The topological polar surface area (TPSA) is 112 Å². The molecule has 0 bridgehead atoms. The molecule has 0 radical (unpaired) electrons. The van der Waals surface area contributed by atoms with Crippen molar-refractivity contribution in [1.29, 1.82) is 0 Å².